The molecule has 3 aliphatic rings. The van der Waals surface area contributed by atoms with E-state index in [9.17, 15) is 4.79 Å². The molecular weight excluding hydrogens is 238 g/mol. The van der Waals surface area contributed by atoms with Crippen LogP contribution in [-0.2, 0) is 4.79 Å². The third kappa shape index (κ3) is 3.11. The van der Waals surface area contributed by atoms with Crippen molar-refractivity contribution in [3.63, 3.8) is 0 Å². The van der Waals surface area contributed by atoms with Crippen LogP contribution in [0.1, 0.15) is 45.4 Å². The summed E-state index contributed by atoms with van der Waals surface area (Å²) in [5.74, 6) is 0.869. The lowest BCUT2D eigenvalue weighted by Gasteiger charge is -2.33. The quantitative estimate of drug-likeness (QED) is 0.800. The summed E-state index contributed by atoms with van der Waals surface area (Å²) in [6.45, 7) is 6.31. The first-order valence-electron chi connectivity index (χ1n) is 7.95. The molecule has 3 rings (SSSR count). The van der Waals surface area contributed by atoms with E-state index in [1.165, 1.54) is 38.8 Å². The summed E-state index contributed by atoms with van der Waals surface area (Å²) in [5.41, 5.74) is -0.326. The van der Waals surface area contributed by atoms with Gasteiger partial charge in [0.2, 0.25) is 5.91 Å². The van der Waals surface area contributed by atoms with Gasteiger partial charge in [0.05, 0.1) is 5.54 Å². The van der Waals surface area contributed by atoms with Gasteiger partial charge in [-0.1, -0.05) is 0 Å². The molecule has 0 spiro atoms. The molecule has 0 aromatic rings. The van der Waals surface area contributed by atoms with Crippen molar-refractivity contribution in [2.75, 3.05) is 26.2 Å². The molecule has 4 heteroatoms. The van der Waals surface area contributed by atoms with E-state index in [4.69, 9.17) is 0 Å². The molecule has 0 bridgehead atoms. The number of rotatable bonds is 4. The predicted molar refractivity (Wildman–Crippen MR) is 76.0 cm³/mol. The van der Waals surface area contributed by atoms with Crippen LogP contribution in [0.4, 0.5) is 0 Å². The van der Waals surface area contributed by atoms with Gasteiger partial charge in [0.1, 0.15) is 0 Å². The number of hydrogen-bond donors (Lipinski definition) is 2. The summed E-state index contributed by atoms with van der Waals surface area (Å²) >= 11 is 0. The van der Waals surface area contributed by atoms with Gasteiger partial charge in [0.25, 0.3) is 0 Å². The lowest BCUT2D eigenvalue weighted by atomic mass is 9.90. The van der Waals surface area contributed by atoms with E-state index in [1.807, 2.05) is 6.92 Å². The smallest absolute Gasteiger partial charge is 0.240 e. The van der Waals surface area contributed by atoms with Gasteiger partial charge in [0.15, 0.2) is 0 Å². The summed E-state index contributed by atoms with van der Waals surface area (Å²) < 4.78 is 0. The number of likely N-dealkylation sites (tertiary alicyclic amines) is 1. The van der Waals surface area contributed by atoms with E-state index >= 15 is 0 Å². The van der Waals surface area contributed by atoms with Crippen LogP contribution in [0.3, 0.4) is 0 Å². The molecule has 2 aliphatic heterocycles. The molecule has 1 saturated carbocycles. The lowest BCUT2D eigenvalue weighted by molar-refractivity contribution is -0.128. The fraction of sp³-hybridized carbons (Fsp3) is 0.933. The van der Waals surface area contributed by atoms with Crippen LogP contribution in [0, 0.1) is 5.92 Å². The highest BCUT2D eigenvalue weighted by atomic mass is 16.2. The van der Waals surface area contributed by atoms with E-state index in [2.05, 4.69) is 15.5 Å². The maximum atomic E-state index is 12.3. The Hall–Kier alpha value is -0.610. The van der Waals surface area contributed by atoms with Gasteiger partial charge in [-0.05, 0) is 64.5 Å². The Bertz CT molecular complexity index is 334. The van der Waals surface area contributed by atoms with Crippen LogP contribution in [0.25, 0.3) is 0 Å². The second-order valence-electron chi connectivity index (χ2n) is 6.81. The Morgan fingerprint density at radius 1 is 1.37 bits per heavy atom. The van der Waals surface area contributed by atoms with Crippen molar-refractivity contribution in [2.24, 2.45) is 5.92 Å². The number of carbonyl (C=O) groups excluding carboxylic acids is 1. The van der Waals surface area contributed by atoms with Crippen molar-refractivity contribution in [3.8, 4) is 0 Å². The first kappa shape index (κ1) is 13.4. The minimum Gasteiger partial charge on any atom is -0.354 e. The SMILES string of the molecule is CC1(C(=O)NCC2CCN(C3CC3)C2)CCCCN1. The Balaban J connectivity index is 1.42. The van der Waals surface area contributed by atoms with Crippen molar-refractivity contribution in [2.45, 2.75) is 57.0 Å². The number of nitrogens with one attached hydrogen (secondary N) is 2. The molecule has 2 saturated heterocycles. The van der Waals surface area contributed by atoms with E-state index < -0.39 is 0 Å². The van der Waals surface area contributed by atoms with Crippen molar-refractivity contribution >= 4 is 5.91 Å². The number of hydrogen-bond acceptors (Lipinski definition) is 3. The molecule has 19 heavy (non-hydrogen) atoms. The molecule has 2 atom stereocenters. The van der Waals surface area contributed by atoms with Crippen LogP contribution in [-0.4, -0.2) is 48.6 Å². The second-order valence-corrected chi connectivity index (χ2v) is 6.81. The van der Waals surface area contributed by atoms with E-state index in [1.54, 1.807) is 0 Å². The standard InChI is InChI=1S/C15H27N3O/c1-15(7-2-3-8-17-15)14(19)16-10-12-6-9-18(11-12)13-4-5-13/h12-13,17H,2-11H2,1H3,(H,16,19). The zero-order valence-corrected chi connectivity index (χ0v) is 12.1. The normalized spacial score (nSPS) is 36.4. The van der Waals surface area contributed by atoms with Gasteiger partial charge in [-0.25, -0.2) is 0 Å². The first-order valence-corrected chi connectivity index (χ1v) is 7.95. The van der Waals surface area contributed by atoms with Crippen LogP contribution < -0.4 is 10.6 Å². The van der Waals surface area contributed by atoms with E-state index in [0.717, 1.165) is 32.0 Å². The summed E-state index contributed by atoms with van der Waals surface area (Å²) in [4.78, 5) is 14.9. The average Bonchev–Trinajstić information content (AvgIpc) is 3.16. The summed E-state index contributed by atoms with van der Waals surface area (Å²) in [6.07, 6.45) is 7.36. The summed E-state index contributed by atoms with van der Waals surface area (Å²) in [7, 11) is 0. The summed E-state index contributed by atoms with van der Waals surface area (Å²) in [5, 5.41) is 6.57. The minimum absolute atomic E-state index is 0.206. The topological polar surface area (TPSA) is 44.4 Å². The van der Waals surface area contributed by atoms with Gasteiger partial charge in [-0.2, -0.15) is 0 Å². The maximum absolute atomic E-state index is 12.3. The molecule has 0 aromatic heterocycles. The molecule has 1 amide bonds. The van der Waals surface area contributed by atoms with Crippen molar-refractivity contribution in [1.29, 1.82) is 0 Å². The third-order valence-corrected chi connectivity index (χ3v) is 5.05. The Morgan fingerprint density at radius 2 is 2.21 bits per heavy atom. The number of nitrogens with zero attached hydrogens (tertiary/aromatic N) is 1. The molecule has 2 unspecified atom stereocenters. The predicted octanol–water partition coefficient (Wildman–Crippen LogP) is 1.12. The van der Waals surface area contributed by atoms with Gasteiger partial charge < -0.3 is 15.5 Å². The third-order valence-electron chi connectivity index (χ3n) is 5.05. The van der Waals surface area contributed by atoms with E-state index in [-0.39, 0.29) is 11.4 Å². The van der Waals surface area contributed by atoms with Crippen LogP contribution in [0.15, 0.2) is 0 Å². The number of amides is 1. The lowest BCUT2D eigenvalue weighted by Crippen LogP contribution is -2.57. The minimum atomic E-state index is -0.326. The molecule has 2 N–H and O–H groups in total. The average molecular weight is 265 g/mol. The number of piperidine rings is 1. The molecule has 2 heterocycles. The van der Waals surface area contributed by atoms with Crippen LogP contribution >= 0.6 is 0 Å². The zero-order valence-electron chi connectivity index (χ0n) is 12.1. The molecule has 4 nitrogen and oxygen atoms in total. The largest absolute Gasteiger partial charge is 0.354 e. The summed E-state index contributed by atoms with van der Waals surface area (Å²) in [6, 6.07) is 0.873. The van der Waals surface area contributed by atoms with Gasteiger partial charge >= 0.3 is 0 Å². The van der Waals surface area contributed by atoms with Gasteiger partial charge in [0, 0.05) is 19.1 Å². The highest BCUT2D eigenvalue weighted by Crippen LogP contribution is 2.31. The molecule has 3 fully saturated rings. The van der Waals surface area contributed by atoms with Gasteiger partial charge in [-0.15, -0.1) is 0 Å². The first-order chi connectivity index (χ1) is 9.17. The van der Waals surface area contributed by atoms with Crippen LogP contribution in [0.2, 0.25) is 0 Å². The highest BCUT2D eigenvalue weighted by Gasteiger charge is 2.36. The Morgan fingerprint density at radius 3 is 2.89 bits per heavy atom. The highest BCUT2D eigenvalue weighted by molar-refractivity contribution is 5.85. The Kier molecular flexibility index (Phi) is 3.81. The van der Waals surface area contributed by atoms with E-state index in [0.29, 0.717) is 5.92 Å². The van der Waals surface area contributed by atoms with Crippen molar-refractivity contribution in [3.05, 3.63) is 0 Å². The molecule has 0 aromatic carbocycles. The fourth-order valence-electron chi connectivity index (χ4n) is 3.48. The molecule has 1 aliphatic carbocycles. The monoisotopic (exact) mass is 265 g/mol. The van der Waals surface area contributed by atoms with Crippen LogP contribution in [0.5, 0.6) is 0 Å². The Labute approximate surface area is 116 Å². The molecular formula is C15H27N3O. The van der Waals surface area contributed by atoms with Crippen molar-refractivity contribution < 1.29 is 4.79 Å². The maximum Gasteiger partial charge on any atom is 0.240 e. The van der Waals surface area contributed by atoms with Crippen molar-refractivity contribution in [1.82, 2.24) is 15.5 Å². The molecule has 0 radical (unpaired) electrons. The number of carbonyl (C=O) groups is 1. The fourth-order valence-corrected chi connectivity index (χ4v) is 3.48. The molecule has 108 valence electrons. The van der Waals surface area contributed by atoms with Gasteiger partial charge in [-0.3, -0.25) is 4.79 Å². The zero-order chi connectivity index (χ0) is 13.3. The second kappa shape index (κ2) is 5.41.